The Morgan fingerprint density at radius 3 is 2.38 bits per heavy atom. The normalized spacial score (nSPS) is 23.2. The number of hydrogen-bond donors (Lipinski definition) is 1. The van der Waals surface area contributed by atoms with Crippen molar-refractivity contribution in [3.8, 4) is 0 Å². The summed E-state index contributed by atoms with van der Waals surface area (Å²) in [5, 5.41) is 9.37. The molecule has 0 aromatic carbocycles. The average molecular weight is 222 g/mol. The first-order valence-electron chi connectivity index (χ1n) is 6.44. The van der Waals surface area contributed by atoms with Crippen LogP contribution in [-0.2, 0) is 0 Å². The zero-order valence-electron chi connectivity index (χ0n) is 11.4. The van der Waals surface area contributed by atoms with Crippen LogP contribution in [0.25, 0.3) is 0 Å². The summed E-state index contributed by atoms with van der Waals surface area (Å²) in [6.07, 6.45) is 7.48. The molecule has 1 heteroatoms. The maximum absolute atomic E-state index is 9.37. The van der Waals surface area contributed by atoms with E-state index in [2.05, 4.69) is 33.8 Å². The summed E-state index contributed by atoms with van der Waals surface area (Å²) in [6.45, 7) is 11.0. The summed E-state index contributed by atoms with van der Waals surface area (Å²) in [5.41, 5.74) is 3.30. The van der Waals surface area contributed by atoms with Gasteiger partial charge in [-0.15, -0.1) is 0 Å². The molecule has 1 N–H and O–H groups in total. The molecule has 0 amide bonds. The van der Waals surface area contributed by atoms with Crippen LogP contribution in [0.2, 0.25) is 0 Å². The van der Waals surface area contributed by atoms with Crippen molar-refractivity contribution in [2.24, 2.45) is 11.3 Å². The van der Waals surface area contributed by atoms with Gasteiger partial charge in [0.15, 0.2) is 0 Å². The topological polar surface area (TPSA) is 20.2 Å². The zero-order valence-corrected chi connectivity index (χ0v) is 11.4. The Balaban J connectivity index is 3.09. The minimum Gasteiger partial charge on any atom is -0.389 e. The lowest BCUT2D eigenvalue weighted by atomic mass is 9.70. The molecule has 1 atom stereocenters. The Labute approximate surface area is 100 Å². The molecule has 0 saturated carbocycles. The van der Waals surface area contributed by atoms with Crippen LogP contribution in [-0.4, -0.2) is 11.2 Å². The van der Waals surface area contributed by atoms with Crippen LogP contribution < -0.4 is 0 Å². The van der Waals surface area contributed by atoms with Gasteiger partial charge in [0.1, 0.15) is 0 Å². The van der Waals surface area contributed by atoms with Gasteiger partial charge in [-0.25, -0.2) is 0 Å². The first-order chi connectivity index (χ1) is 7.34. The molecule has 1 aliphatic rings. The summed E-state index contributed by atoms with van der Waals surface area (Å²) in [5.74, 6) is 0.619. The average Bonchev–Trinajstić information content (AvgIpc) is 2.13. The van der Waals surface area contributed by atoms with Crippen LogP contribution in [0, 0.1) is 11.3 Å². The number of aliphatic hydroxyl groups excluding tert-OH is 1. The molecule has 0 fully saturated rings. The largest absolute Gasteiger partial charge is 0.389 e. The van der Waals surface area contributed by atoms with Crippen LogP contribution in [0.1, 0.15) is 53.9 Å². The second-order valence-corrected chi connectivity index (χ2v) is 5.93. The van der Waals surface area contributed by atoms with E-state index in [4.69, 9.17) is 0 Å². The lowest BCUT2D eigenvalue weighted by Crippen LogP contribution is -2.22. The van der Waals surface area contributed by atoms with Crippen molar-refractivity contribution < 1.29 is 5.11 Å². The van der Waals surface area contributed by atoms with Crippen molar-refractivity contribution >= 4 is 0 Å². The van der Waals surface area contributed by atoms with Gasteiger partial charge in [-0.1, -0.05) is 45.4 Å². The third kappa shape index (κ3) is 3.21. The van der Waals surface area contributed by atoms with E-state index in [0.29, 0.717) is 5.92 Å². The summed E-state index contributed by atoms with van der Waals surface area (Å²) in [7, 11) is 0. The molecule has 0 aliphatic heterocycles. The van der Waals surface area contributed by atoms with Crippen LogP contribution in [0.15, 0.2) is 23.3 Å². The lowest BCUT2D eigenvalue weighted by molar-refractivity contribution is 0.243. The Morgan fingerprint density at radius 2 is 1.88 bits per heavy atom. The summed E-state index contributed by atoms with van der Waals surface area (Å²) >= 11 is 0. The molecule has 1 aliphatic carbocycles. The predicted octanol–water partition coefficient (Wildman–Crippen LogP) is 4.09. The summed E-state index contributed by atoms with van der Waals surface area (Å²) < 4.78 is 0. The summed E-state index contributed by atoms with van der Waals surface area (Å²) in [4.78, 5) is 0. The number of allylic oxidation sites excluding steroid dienone is 3. The highest BCUT2D eigenvalue weighted by atomic mass is 16.3. The van der Waals surface area contributed by atoms with E-state index < -0.39 is 0 Å². The Hall–Kier alpha value is -0.560. The molecule has 0 spiro atoms. The third-order valence-corrected chi connectivity index (χ3v) is 3.56. The molecule has 0 heterocycles. The van der Waals surface area contributed by atoms with Crippen LogP contribution in [0.4, 0.5) is 0 Å². The molecule has 16 heavy (non-hydrogen) atoms. The molecule has 1 rings (SSSR count). The van der Waals surface area contributed by atoms with E-state index in [-0.39, 0.29) is 11.5 Å². The highest BCUT2D eigenvalue weighted by Crippen LogP contribution is 2.43. The van der Waals surface area contributed by atoms with E-state index >= 15 is 0 Å². The molecule has 0 bridgehead atoms. The van der Waals surface area contributed by atoms with Crippen molar-refractivity contribution in [2.45, 2.75) is 60.0 Å². The van der Waals surface area contributed by atoms with E-state index in [9.17, 15) is 5.11 Å². The zero-order chi connectivity index (χ0) is 12.3. The standard InChI is InChI=1S/C15H26O/c1-11(2)13-7-6-10-15(4,5)14(13)9-8-12(3)16/h8-9,11-12,16H,6-7,10H2,1-5H3. The Kier molecular flexibility index (Phi) is 4.37. The Morgan fingerprint density at radius 1 is 1.25 bits per heavy atom. The van der Waals surface area contributed by atoms with Crippen LogP contribution >= 0.6 is 0 Å². The van der Waals surface area contributed by atoms with Gasteiger partial charge in [0.25, 0.3) is 0 Å². The second kappa shape index (κ2) is 5.18. The smallest absolute Gasteiger partial charge is 0.0695 e. The molecule has 0 aromatic heterocycles. The molecule has 0 radical (unpaired) electrons. The van der Waals surface area contributed by atoms with Crippen molar-refractivity contribution in [1.29, 1.82) is 0 Å². The summed E-state index contributed by atoms with van der Waals surface area (Å²) in [6, 6.07) is 0. The second-order valence-electron chi connectivity index (χ2n) is 5.93. The minimum atomic E-state index is -0.348. The Bertz CT molecular complexity index is 293. The van der Waals surface area contributed by atoms with Crippen molar-refractivity contribution in [2.75, 3.05) is 0 Å². The number of hydrogen-bond acceptors (Lipinski definition) is 1. The highest BCUT2D eigenvalue weighted by molar-refractivity contribution is 5.34. The van der Waals surface area contributed by atoms with Gasteiger partial charge < -0.3 is 5.11 Å². The molecule has 0 saturated heterocycles. The quantitative estimate of drug-likeness (QED) is 0.762. The van der Waals surface area contributed by atoms with Crippen molar-refractivity contribution in [3.05, 3.63) is 23.3 Å². The van der Waals surface area contributed by atoms with E-state index in [0.717, 1.165) is 0 Å². The van der Waals surface area contributed by atoms with Crippen molar-refractivity contribution in [1.82, 2.24) is 0 Å². The fraction of sp³-hybridized carbons (Fsp3) is 0.733. The molecule has 1 unspecified atom stereocenters. The van der Waals surface area contributed by atoms with Gasteiger partial charge in [0, 0.05) is 0 Å². The van der Waals surface area contributed by atoms with Gasteiger partial charge in [-0.2, -0.15) is 0 Å². The van der Waals surface area contributed by atoms with E-state index in [1.54, 1.807) is 5.57 Å². The molecular formula is C15H26O. The fourth-order valence-corrected chi connectivity index (χ4v) is 2.59. The maximum atomic E-state index is 9.37. The molecule has 0 aromatic rings. The van der Waals surface area contributed by atoms with E-state index in [1.165, 1.54) is 24.8 Å². The number of rotatable bonds is 3. The SMILES string of the molecule is CC(O)C=CC1=C(C(C)C)CCCC1(C)C. The monoisotopic (exact) mass is 222 g/mol. The highest BCUT2D eigenvalue weighted by Gasteiger charge is 2.29. The lowest BCUT2D eigenvalue weighted by Gasteiger charge is -2.35. The van der Waals surface area contributed by atoms with Gasteiger partial charge in [0.05, 0.1) is 6.10 Å². The van der Waals surface area contributed by atoms with Gasteiger partial charge in [-0.05, 0) is 43.1 Å². The third-order valence-electron chi connectivity index (χ3n) is 3.56. The molecule has 1 nitrogen and oxygen atoms in total. The number of aliphatic hydroxyl groups is 1. The molecule has 92 valence electrons. The minimum absolute atomic E-state index is 0.267. The van der Waals surface area contributed by atoms with Crippen LogP contribution in [0.5, 0.6) is 0 Å². The first kappa shape index (κ1) is 13.5. The van der Waals surface area contributed by atoms with E-state index in [1.807, 2.05) is 13.0 Å². The predicted molar refractivity (Wildman–Crippen MR) is 70.3 cm³/mol. The first-order valence-corrected chi connectivity index (χ1v) is 6.44. The van der Waals surface area contributed by atoms with Crippen LogP contribution in [0.3, 0.4) is 0 Å². The maximum Gasteiger partial charge on any atom is 0.0695 e. The van der Waals surface area contributed by atoms with Gasteiger partial charge in [0.2, 0.25) is 0 Å². The fourth-order valence-electron chi connectivity index (χ4n) is 2.59. The van der Waals surface area contributed by atoms with Gasteiger partial charge >= 0.3 is 0 Å². The molecular weight excluding hydrogens is 196 g/mol. The van der Waals surface area contributed by atoms with Gasteiger partial charge in [-0.3, -0.25) is 0 Å². The van der Waals surface area contributed by atoms with Crippen molar-refractivity contribution in [3.63, 3.8) is 0 Å².